The minimum Gasteiger partial charge on any atom is -0.300 e. The summed E-state index contributed by atoms with van der Waals surface area (Å²) in [7, 11) is 0. The second-order valence-electron chi connectivity index (χ2n) is 11.2. The predicted octanol–water partition coefficient (Wildman–Crippen LogP) is 11.0. The molecule has 1 heterocycles. The number of hydrogen-bond donors (Lipinski definition) is 0. The lowest BCUT2D eigenvalue weighted by Gasteiger charge is -2.18. The number of hydrogen-bond acceptors (Lipinski definition) is 3. The van der Waals surface area contributed by atoms with Crippen molar-refractivity contribution in [2.75, 3.05) is 39.3 Å². The van der Waals surface area contributed by atoms with Crippen LogP contribution < -0.4 is 0 Å². The average molecular weight is 638 g/mol. The van der Waals surface area contributed by atoms with E-state index in [0.29, 0.717) is 0 Å². The third-order valence-electron chi connectivity index (χ3n) is 7.64. The fourth-order valence-electron chi connectivity index (χ4n) is 5.12. The van der Waals surface area contributed by atoms with E-state index in [1.54, 1.807) is 0 Å². The molecule has 0 aliphatic rings. The van der Waals surface area contributed by atoms with Gasteiger partial charge in [0.15, 0.2) is 0 Å². The monoisotopic (exact) mass is 637 g/mol. The zero-order valence-electron chi connectivity index (χ0n) is 29.1. The van der Waals surface area contributed by atoms with Crippen LogP contribution in [0.5, 0.6) is 0 Å². The number of allylic oxidation sites excluding steroid dienone is 8. The molecular formula is C42H56ClN3. The average Bonchev–Trinajstić information content (AvgIpc) is 3.09. The summed E-state index contributed by atoms with van der Waals surface area (Å²) in [6.07, 6.45) is 20.4. The molecule has 0 spiro atoms. The third-order valence-corrected chi connectivity index (χ3v) is 7.89. The van der Waals surface area contributed by atoms with Gasteiger partial charge in [0.05, 0.1) is 5.69 Å². The molecule has 0 unspecified atom stereocenters. The molecule has 0 fully saturated rings. The molecule has 0 atom stereocenters. The van der Waals surface area contributed by atoms with E-state index in [1.165, 1.54) is 40.7 Å². The van der Waals surface area contributed by atoms with E-state index in [9.17, 15) is 0 Å². The lowest BCUT2D eigenvalue weighted by molar-refractivity contribution is 0.320. The summed E-state index contributed by atoms with van der Waals surface area (Å²) in [5.41, 5.74) is 7.38. The predicted molar refractivity (Wildman–Crippen MR) is 204 cm³/mol. The molecule has 4 heteroatoms. The molecule has 0 aliphatic carbocycles. The van der Waals surface area contributed by atoms with Crippen LogP contribution in [0.3, 0.4) is 0 Å². The first kappa shape index (κ1) is 38.7. The Balaban J connectivity index is 0.000000320. The lowest BCUT2D eigenvalue weighted by Crippen LogP contribution is -2.24. The molecule has 0 N–H and O–H groups in total. The minimum atomic E-state index is 0.791. The van der Waals surface area contributed by atoms with Gasteiger partial charge >= 0.3 is 0 Å². The first-order valence-corrected chi connectivity index (χ1v) is 17.4. The van der Waals surface area contributed by atoms with Crippen LogP contribution in [0.2, 0.25) is 5.02 Å². The quantitative estimate of drug-likeness (QED) is 0.137. The molecule has 3 aromatic rings. The number of nitrogens with zero attached hydrogens (tertiary/aromatic N) is 3. The highest BCUT2D eigenvalue weighted by Crippen LogP contribution is 2.23. The summed E-state index contributed by atoms with van der Waals surface area (Å²) in [5, 5.41) is 0.791. The van der Waals surface area contributed by atoms with Crippen molar-refractivity contribution in [3.05, 3.63) is 149 Å². The van der Waals surface area contributed by atoms with Gasteiger partial charge in [0.2, 0.25) is 0 Å². The van der Waals surface area contributed by atoms with Crippen LogP contribution in [0.15, 0.2) is 127 Å². The molecule has 0 bridgehead atoms. The Labute approximate surface area is 285 Å². The molecule has 3 nitrogen and oxygen atoms in total. The lowest BCUT2D eigenvalue weighted by atomic mass is 9.97. The van der Waals surface area contributed by atoms with Gasteiger partial charge < -0.3 is 0 Å². The fourth-order valence-corrected chi connectivity index (χ4v) is 5.25. The van der Waals surface area contributed by atoms with Crippen LogP contribution in [0.1, 0.15) is 71.2 Å². The number of likely N-dealkylation sites (N-methyl/N-ethyl adjacent to an activating group) is 2. The second kappa shape index (κ2) is 23.8. The molecule has 246 valence electrons. The molecule has 1 aromatic heterocycles. The standard InChI is InChI=1S/C21H26ClN.C21H30N2/c1-3-15-23(4-2)16-14-20(19-8-6-5-7-9-19)17-18-10-12-21(22)13-11-18;1-5-9-13-19(12-6-2)20(21-14-10-11-16-22-21)15-18-23(8-4)17-7-3/h5-14H,3-4,15-17H2,1-2H3;5-6,9-16H,7-8,17-18H2,1-4H3/b20-14+;9-5+,12-6-,19-13+,20-15+. The van der Waals surface area contributed by atoms with Gasteiger partial charge in [0, 0.05) is 29.9 Å². The van der Waals surface area contributed by atoms with Crippen LogP contribution in [0, 0.1) is 0 Å². The smallest absolute Gasteiger partial charge is 0.0705 e. The van der Waals surface area contributed by atoms with Crippen molar-refractivity contribution in [3.63, 3.8) is 0 Å². The van der Waals surface area contributed by atoms with Gasteiger partial charge in [-0.1, -0.05) is 130 Å². The SMILES string of the molecule is CCCN(CC)C/C=C(\Cc1ccc(Cl)cc1)c1ccccc1.C\C=C/C(=C\C=C\C)C(=C\CN(CC)CCC)/c1ccccn1. The Morgan fingerprint density at radius 2 is 1.37 bits per heavy atom. The van der Waals surface area contributed by atoms with Gasteiger partial charge in [-0.2, -0.15) is 0 Å². The molecule has 0 aliphatic heterocycles. The minimum absolute atomic E-state index is 0.791. The van der Waals surface area contributed by atoms with E-state index in [4.69, 9.17) is 11.6 Å². The maximum absolute atomic E-state index is 6.00. The van der Waals surface area contributed by atoms with Crippen LogP contribution in [0.25, 0.3) is 11.1 Å². The van der Waals surface area contributed by atoms with E-state index in [-0.39, 0.29) is 0 Å². The molecular weight excluding hydrogens is 582 g/mol. The zero-order valence-corrected chi connectivity index (χ0v) is 29.9. The van der Waals surface area contributed by atoms with Crippen molar-refractivity contribution in [1.29, 1.82) is 0 Å². The van der Waals surface area contributed by atoms with Crippen LogP contribution in [-0.4, -0.2) is 54.1 Å². The molecule has 0 saturated carbocycles. The highest BCUT2D eigenvalue weighted by atomic mass is 35.5. The van der Waals surface area contributed by atoms with E-state index >= 15 is 0 Å². The maximum atomic E-state index is 6.00. The highest BCUT2D eigenvalue weighted by Gasteiger charge is 2.08. The molecule has 0 saturated heterocycles. The van der Waals surface area contributed by atoms with Gasteiger partial charge in [-0.15, -0.1) is 0 Å². The normalized spacial score (nSPS) is 12.8. The Kier molecular flexibility index (Phi) is 20.0. The topological polar surface area (TPSA) is 19.4 Å². The molecule has 0 radical (unpaired) electrons. The largest absolute Gasteiger partial charge is 0.300 e. The zero-order chi connectivity index (χ0) is 33.4. The first-order valence-electron chi connectivity index (χ1n) is 17.0. The summed E-state index contributed by atoms with van der Waals surface area (Å²) in [6, 6.07) is 24.9. The summed E-state index contributed by atoms with van der Waals surface area (Å²) in [6.45, 7) is 19.4. The summed E-state index contributed by atoms with van der Waals surface area (Å²) in [4.78, 5) is 9.48. The van der Waals surface area contributed by atoms with Crippen LogP contribution in [-0.2, 0) is 6.42 Å². The van der Waals surface area contributed by atoms with Crippen LogP contribution in [0.4, 0.5) is 0 Å². The Bertz CT molecular complexity index is 1370. The van der Waals surface area contributed by atoms with Gasteiger partial charge in [0.25, 0.3) is 0 Å². The van der Waals surface area contributed by atoms with E-state index < -0.39 is 0 Å². The molecule has 46 heavy (non-hydrogen) atoms. The second-order valence-corrected chi connectivity index (χ2v) is 11.6. The molecule has 0 amide bonds. The van der Waals surface area contributed by atoms with Crippen molar-refractivity contribution >= 4 is 22.7 Å². The van der Waals surface area contributed by atoms with Crippen LogP contribution >= 0.6 is 11.6 Å². The van der Waals surface area contributed by atoms with Gasteiger partial charge in [-0.25, -0.2) is 0 Å². The Morgan fingerprint density at radius 3 is 1.91 bits per heavy atom. The van der Waals surface area contributed by atoms with E-state index in [0.717, 1.165) is 56.4 Å². The number of pyridine rings is 1. The van der Waals surface area contributed by atoms with Crippen molar-refractivity contribution in [3.8, 4) is 0 Å². The Hall–Kier alpha value is -3.50. The van der Waals surface area contributed by atoms with Gasteiger partial charge in [-0.05, 0) is 106 Å². The van der Waals surface area contributed by atoms with Gasteiger partial charge in [0.1, 0.15) is 0 Å². The molecule has 3 rings (SSSR count). The third kappa shape index (κ3) is 14.7. The first-order chi connectivity index (χ1) is 22.5. The number of rotatable bonds is 17. The summed E-state index contributed by atoms with van der Waals surface area (Å²) >= 11 is 6.00. The fraction of sp³-hybridized carbons (Fsp3) is 0.357. The maximum Gasteiger partial charge on any atom is 0.0705 e. The Morgan fingerprint density at radius 1 is 0.739 bits per heavy atom. The van der Waals surface area contributed by atoms with Gasteiger partial charge in [-0.3, -0.25) is 14.8 Å². The number of halogens is 1. The van der Waals surface area contributed by atoms with E-state index in [2.05, 4.69) is 140 Å². The summed E-state index contributed by atoms with van der Waals surface area (Å²) in [5.74, 6) is 0. The summed E-state index contributed by atoms with van der Waals surface area (Å²) < 4.78 is 0. The van der Waals surface area contributed by atoms with Crippen molar-refractivity contribution in [1.82, 2.24) is 14.8 Å². The van der Waals surface area contributed by atoms with E-state index in [1.807, 2.05) is 37.4 Å². The molecule has 2 aromatic carbocycles. The van der Waals surface area contributed by atoms with Crippen molar-refractivity contribution in [2.45, 2.75) is 60.8 Å². The number of benzene rings is 2. The van der Waals surface area contributed by atoms with Crippen molar-refractivity contribution in [2.24, 2.45) is 0 Å². The van der Waals surface area contributed by atoms with Crippen molar-refractivity contribution < 1.29 is 0 Å². The number of aromatic nitrogens is 1. The highest BCUT2D eigenvalue weighted by molar-refractivity contribution is 6.30.